The normalized spacial score (nSPS) is 16.5. The van der Waals surface area contributed by atoms with Gasteiger partial charge < -0.3 is 19.5 Å². The molecular formula is C24H30N4O4. The van der Waals surface area contributed by atoms with Crippen LogP contribution in [-0.4, -0.2) is 69.4 Å². The van der Waals surface area contributed by atoms with Gasteiger partial charge in [-0.3, -0.25) is 20.0 Å². The molecule has 0 aliphatic carbocycles. The highest BCUT2D eigenvalue weighted by Gasteiger charge is 2.15. The highest BCUT2D eigenvalue weighted by atomic mass is 16.6. The number of fused-ring (bicyclic) bond motifs is 1. The van der Waals surface area contributed by atoms with Crippen LogP contribution in [0.5, 0.6) is 11.5 Å². The monoisotopic (exact) mass is 438 g/mol. The van der Waals surface area contributed by atoms with E-state index in [4.69, 9.17) is 14.2 Å². The Hall–Kier alpha value is -3.10. The minimum absolute atomic E-state index is 0.206. The number of guanidine groups is 1. The van der Waals surface area contributed by atoms with Crippen LogP contribution in [-0.2, 0) is 11.2 Å². The van der Waals surface area contributed by atoms with E-state index in [1.54, 1.807) is 0 Å². The third-order valence-electron chi connectivity index (χ3n) is 5.45. The molecule has 0 atom stereocenters. The van der Waals surface area contributed by atoms with Crippen molar-refractivity contribution in [3.63, 3.8) is 0 Å². The Balaban J connectivity index is 1.46. The summed E-state index contributed by atoms with van der Waals surface area (Å²) in [5, 5.41) is 6.15. The molecule has 2 aromatic carbocycles. The number of morpholine rings is 1. The zero-order valence-corrected chi connectivity index (χ0v) is 18.4. The number of amides is 1. The first-order valence-electron chi connectivity index (χ1n) is 11.1. The average molecular weight is 439 g/mol. The van der Waals surface area contributed by atoms with E-state index < -0.39 is 0 Å². The Morgan fingerprint density at radius 1 is 1.00 bits per heavy atom. The lowest BCUT2D eigenvalue weighted by molar-refractivity contribution is 0.0394. The number of rotatable bonds is 6. The summed E-state index contributed by atoms with van der Waals surface area (Å²) >= 11 is 0. The van der Waals surface area contributed by atoms with E-state index >= 15 is 0 Å². The summed E-state index contributed by atoms with van der Waals surface area (Å²) in [6.07, 6.45) is 0.932. The molecule has 2 heterocycles. The van der Waals surface area contributed by atoms with Crippen molar-refractivity contribution in [3.05, 3.63) is 53.6 Å². The molecule has 2 aromatic rings. The summed E-state index contributed by atoms with van der Waals surface area (Å²) in [5.41, 5.74) is 2.54. The fraction of sp³-hybridized carbons (Fsp3) is 0.417. The number of nitrogens with zero attached hydrogens (tertiary/aromatic N) is 2. The van der Waals surface area contributed by atoms with E-state index in [-0.39, 0.29) is 5.91 Å². The maximum absolute atomic E-state index is 12.8. The minimum Gasteiger partial charge on any atom is -0.486 e. The largest absolute Gasteiger partial charge is 0.486 e. The molecule has 8 heteroatoms. The molecule has 2 aliphatic heterocycles. The molecule has 0 bridgehead atoms. The zero-order chi connectivity index (χ0) is 22.2. The lowest BCUT2D eigenvalue weighted by atomic mass is 10.1. The molecule has 1 amide bonds. The van der Waals surface area contributed by atoms with Crippen LogP contribution in [0.1, 0.15) is 22.8 Å². The topological polar surface area (TPSA) is 84.4 Å². The second kappa shape index (κ2) is 11.0. The van der Waals surface area contributed by atoms with Crippen LogP contribution in [0.15, 0.2) is 47.5 Å². The number of nitrogens with one attached hydrogen (secondary N) is 2. The quantitative estimate of drug-likeness (QED) is 0.533. The molecule has 1 saturated heterocycles. The van der Waals surface area contributed by atoms with E-state index in [1.165, 1.54) is 5.56 Å². The molecule has 8 nitrogen and oxygen atoms in total. The predicted octanol–water partition coefficient (Wildman–Crippen LogP) is 2.55. The number of hydrogen-bond acceptors (Lipinski definition) is 6. The van der Waals surface area contributed by atoms with Crippen LogP contribution in [0, 0.1) is 0 Å². The number of ether oxygens (including phenoxy) is 3. The Labute approximate surface area is 188 Å². The summed E-state index contributed by atoms with van der Waals surface area (Å²) in [4.78, 5) is 19.8. The molecule has 4 rings (SSSR count). The van der Waals surface area contributed by atoms with E-state index in [9.17, 15) is 4.79 Å². The van der Waals surface area contributed by atoms with E-state index in [1.807, 2.05) is 42.5 Å². The number of carbonyl (C=O) groups is 1. The van der Waals surface area contributed by atoms with Gasteiger partial charge in [0.05, 0.1) is 19.8 Å². The number of hydrogen-bond donors (Lipinski definition) is 2. The van der Waals surface area contributed by atoms with Gasteiger partial charge in [0.1, 0.15) is 13.2 Å². The highest BCUT2D eigenvalue weighted by molar-refractivity contribution is 6.10. The minimum atomic E-state index is -0.206. The van der Waals surface area contributed by atoms with Crippen molar-refractivity contribution in [2.75, 3.05) is 57.9 Å². The molecule has 32 heavy (non-hydrogen) atoms. The van der Waals surface area contributed by atoms with Gasteiger partial charge in [-0.2, -0.15) is 0 Å². The Morgan fingerprint density at radius 3 is 2.50 bits per heavy atom. The third-order valence-corrected chi connectivity index (χ3v) is 5.45. The second-order valence-electron chi connectivity index (χ2n) is 7.67. The summed E-state index contributed by atoms with van der Waals surface area (Å²) in [5.74, 6) is 1.59. The van der Waals surface area contributed by atoms with Crippen molar-refractivity contribution in [1.82, 2.24) is 10.2 Å². The first kappa shape index (κ1) is 22.1. The lowest BCUT2D eigenvalue weighted by Gasteiger charge is -2.25. The fourth-order valence-corrected chi connectivity index (χ4v) is 3.57. The molecule has 1 fully saturated rings. The van der Waals surface area contributed by atoms with Gasteiger partial charge in [-0.15, -0.1) is 0 Å². The van der Waals surface area contributed by atoms with Crippen molar-refractivity contribution < 1.29 is 19.0 Å². The van der Waals surface area contributed by atoms with Gasteiger partial charge in [-0.25, -0.2) is 0 Å². The lowest BCUT2D eigenvalue weighted by Crippen LogP contribution is -2.39. The number of benzene rings is 2. The van der Waals surface area contributed by atoms with Crippen molar-refractivity contribution in [1.29, 1.82) is 0 Å². The molecule has 2 N–H and O–H groups in total. The first-order valence-corrected chi connectivity index (χ1v) is 11.1. The summed E-state index contributed by atoms with van der Waals surface area (Å²) in [6, 6.07) is 13.2. The van der Waals surface area contributed by atoms with Gasteiger partial charge >= 0.3 is 0 Å². The standard InChI is InChI=1S/C24H30N4O4/c1-2-18-3-5-19(6-4-18)23(29)27-24(25-9-10-28-11-13-30-14-12-28)26-20-7-8-21-22(17-20)32-16-15-31-21/h3-8,17H,2,9-16H2,1H3,(H2,25,26,27,29). The van der Waals surface area contributed by atoms with E-state index in [0.717, 1.165) is 45.0 Å². The van der Waals surface area contributed by atoms with Crippen LogP contribution >= 0.6 is 0 Å². The van der Waals surface area contributed by atoms with Crippen LogP contribution in [0.25, 0.3) is 0 Å². The van der Waals surface area contributed by atoms with Gasteiger partial charge in [-0.1, -0.05) is 19.1 Å². The van der Waals surface area contributed by atoms with Crippen LogP contribution in [0.4, 0.5) is 5.69 Å². The maximum Gasteiger partial charge on any atom is 0.257 e. The third kappa shape index (κ3) is 5.99. The number of aliphatic imine (C=N–C) groups is 1. The Bertz CT molecular complexity index is 940. The van der Waals surface area contributed by atoms with E-state index in [0.29, 0.717) is 42.8 Å². The number of aryl methyl sites for hydroxylation is 1. The Morgan fingerprint density at radius 2 is 1.75 bits per heavy atom. The van der Waals surface area contributed by atoms with Gasteiger partial charge in [-0.05, 0) is 36.2 Å². The summed E-state index contributed by atoms with van der Waals surface area (Å²) in [6.45, 7) is 7.80. The molecule has 0 radical (unpaired) electrons. The molecule has 0 saturated carbocycles. The number of carbonyl (C=O) groups excluding carboxylic acids is 1. The van der Waals surface area contributed by atoms with Crippen molar-refractivity contribution in [2.24, 2.45) is 4.99 Å². The van der Waals surface area contributed by atoms with Crippen LogP contribution in [0.2, 0.25) is 0 Å². The van der Waals surface area contributed by atoms with Crippen molar-refractivity contribution in [2.45, 2.75) is 13.3 Å². The van der Waals surface area contributed by atoms with Crippen LogP contribution in [0.3, 0.4) is 0 Å². The predicted molar refractivity (Wildman–Crippen MR) is 124 cm³/mol. The van der Waals surface area contributed by atoms with E-state index in [2.05, 4.69) is 27.4 Å². The molecule has 0 aromatic heterocycles. The highest BCUT2D eigenvalue weighted by Crippen LogP contribution is 2.32. The number of anilines is 1. The second-order valence-corrected chi connectivity index (χ2v) is 7.67. The van der Waals surface area contributed by atoms with Crippen molar-refractivity contribution in [3.8, 4) is 11.5 Å². The zero-order valence-electron chi connectivity index (χ0n) is 18.4. The fourth-order valence-electron chi connectivity index (χ4n) is 3.57. The van der Waals surface area contributed by atoms with Gasteiger partial charge in [0.25, 0.3) is 5.91 Å². The molecule has 170 valence electrons. The first-order chi connectivity index (χ1) is 15.7. The SMILES string of the molecule is CCc1ccc(C(=O)NC(=NCCN2CCOCC2)Nc2ccc3c(c2)OCCO3)cc1. The molecule has 0 unspecified atom stereocenters. The molecule has 2 aliphatic rings. The smallest absolute Gasteiger partial charge is 0.257 e. The maximum atomic E-state index is 12.8. The summed E-state index contributed by atoms with van der Waals surface area (Å²) < 4.78 is 16.7. The summed E-state index contributed by atoms with van der Waals surface area (Å²) in [7, 11) is 0. The molecule has 0 spiro atoms. The van der Waals surface area contributed by atoms with Crippen molar-refractivity contribution >= 4 is 17.6 Å². The van der Waals surface area contributed by atoms with Gasteiger partial charge in [0.15, 0.2) is 11.5 Å². The van der Waals surface area contributed by atoms with Crippen LogP contribution < -0.4 is 20.1 Å². The molecular weight excluding hydrogens is 408 g/mol. The van der Waals surface area contributed by atoms with Gasteiger partial charge in [0, 0.05) is 37.0 Å². The van der Waals surface area contributed by atoms with Gasteiger partial charge in [0.2, 0.25) is 5.96 Å². The average Bonchev–Trinajstić information content (AvgIpc) is 2.84. The Kier molecular flexibility index (Phi) is 7.58.